The normalized spacial score (nSPS) is 15.3. The maximum atomic E-state index is 13.3. The number of aryl methyl sites for hydroxylation is 2. The van der Waals surface area contributed by atoms with Crippen molar-refractivity contribution in [1.82, 2.24) is 19.3 Å². The molecule has 1 fully saturated rings. The molecule has 1 saturated heterocycles. The molecule has 4 heterocycles. The number of imidazole rings is 1. The van der Waals surface area contributed by atoms with Gasteiger partial charge in [0.05, 0.1) is 16.4 Å². The molecule has 1 unspecified atom stereocenters. The number of halogens is 2. The average molecular weight is 553 g/mol. The SMILES string of the molecule is CCc1nc2ccc(C3CCN(C(=O)CCl)CC3)cn2c1CC(C)CCc1nc(-c2ccc(F)cc2)cs1. The molecule has 1 aliphatic rings. The number of carbonyl (C=O) groups is 1. The summed E-state index contributed by atoms with van der Waals surface area (Å²) in [5.41, 5.74) is 6.67. The molecule has 1 amide bonds. The molecular weight excluding hydrogens is 519 g/mol. The Labute approximate surface area is 232 Å². The van der Waals surface area contributed by atoms with E-state index in [4.69, 9.17) is 21.6 Å². The van der Waals surface area contributed by atoms with E-state index in [0.29, 0.717) is 11.8 Å². The van der Waals surface area contributed by atoms with Gasteiger partial charge in [0.2, 0.25) is 5.91 Å². The Morgan fingerprint density at radius 1 is 1.16 bits per heavy atom. The van der Waals surface area contributed by atoms with Gasteiger partial charge in [-0.3, -0.25) is 4.79 Å². The largest absolute Gasteiger partial charge is 0.342 e. The van der Waals surface area contributed by atoms with Gasteiger partial charge in [-0.25, -0.2) is 14.4 Å². The average Bonchev–Trinajstić information content (AvgIpc) is 3.56. The molecule has 1 atom stereocenters. The zero-order valence-corrected chi connectivity index (χ0v) is 23.6. The third-order valence-corrected chi connectivity index (χ3v) is 8.81. The molecule has 0 N–H and O–H groups in total. The van der Waals surface area contributed by atoms with Gasteiger partial charge in [-0.2, -0.15) is 0 Å². The summed E-state index contributed by atoms with van der Waals surface area (Å²) in [7, 11) is 0. The molecule has 0 saturated carbocycles. The Hall–Kier alpha value is -2.77. The monoisotopic (exact) mass is 552 g/mol. The minimum Gasteiger partial charge on any atom is -0.342 e. The highest BCUT2D eigenvalue weighted by Gasteiger charge is 2.24. The number of piperidine rings is 1. The van der Waals surface area contributed by atoms with Crippen molar-refractivity contribution < 1.29 is 9.18 Å². The lowest BCUT2D eigenvalue weighted by molar-refractivity contribution is -0.129. The van der Waals surface area contributed by atoms with E-state index in [1.165, 1.54) is 29.1 Å². The van der Waals surface area contributed by atoms with Crippen LogP contribution in [0.5, 0.6) is 0 Å². The number of rotatable bonds is 9. The summed E-state index contributed by atoms with van der Waals surface area (Å²) >= 11 is 7.43. The lowest BCUT2D eigenvalue weighted by atomic mass is 9.90. The highest BCUT2D eigenvalue weighted by Crippen LogP contribution is 2.30. The van der Waals surface area contributed by atoms with E-state index in [-0.39, 0.29) is 17.6 Å². The van der Waals surface area contributed by atoms with Crippen molar-refractivity contribution in [3.63, 3.8) is 0 Å². The number of benzene rings is 1. The van der Waals surface area contributed by atoms with Crippen LogP contribution in [0.25, 0.3) is 16.9 Å². The molecule has 5 rings (SSSR count). The van der Waals surface area contributed by atoms with Crippen LogP contribution >= 0.6 is 22.9 Å². The Morgan fingerprint density at radius 2 is 1.92 bits per heavy atom. The van der Waals surface area contributed by atoms with Crippen molar-refractivity contribution >= 4 is 34.5 Å². The summed E-state index contributed by atoms with van der Waals surface area (Å²) in [5, 5.41) is 3.18. The molecule has 0 spiro atoms. The van der Waals surface area contributed by atoms with Gasteiger partial charge in [-0.05, 0) is 86.3 Å². The number of alkyl halides is 1. The van der Waals surface area contributed by atoms with Crippen molar-refractivity contribution in [2.45, 2.75) is 58.3 Å². The van der Waals surface area contributed by atoms with Gasteiger partial charge in [0.1, 0.15) is 17.3 Å². The molecule has 1 aromatic carbocycles. The molecular formula is C30H34ClFN4OS. The predicted molar refractivity (Wildman–Crippen MR) is 153 cm³/mol. The third-order valence-electron chi connectivity index (χ3n) is 7.68. The van der Waals surface area contributed by atoms with Crippen molar-refractivity contribution in [2.24, 2.45) is 5.92 Å². The van der Waals surface area contributed by atoms with Crippen LogP contribution in [0, 0.1) is 11.7 Å². The van der Waals surface area contributed by atoms with E-state index >= 15 is 0 Å². The molecule has 0 aliphatic carbocycles. The quantitative estimate of drug-likeness (QED) is 0.212. The van der Waals surface area contributed by atoms with Crippen LogP contribution in [0.15, 0.2) is 48.0 Å². The highest BCUT2D eigenvalue weighted by atomic mass is 35.5. The van der Waals surface area contributed by atoms with Crippen LogP contribution in [0.4, 0.5) is 4.39 Å². The summed E-state index contributed by atoms with van der Waals surface area (Å²) in [4.78, 5) is 23.6. The van der Waals surface area contributed by atoms with Gasteiger partial charge in [0.25, 0.3) is 0 Å². The van der Waals surface area contributed by atoms with E-state index in [2.05, 4.69) is 42.0 Å². The molecule has 200 valence electrons. The van der Waals surface area contributed by atoms with Gasteiger partial charge >= 0.3 is 0 Å². The van der Waals surface area contributed by atoms with Gasteiger partial charge in [-0.15, -0.1) is 22.9 Å². The van der Waals surface area contributed by atoms with Gasteiger partial charge < -0.3 is 9.30 Å². The Balaban J connectivity index is 1.26. The molecule has 5 nitrogen and oxygen atoms in total. The number of amides is 1. The number of nitrogens with zero attached hydrogens (tertiary/aromatic N) is 4. The van der Waals surface area contributed by atoms with Crippen molar-refractivity contribution in [1.29, 1.82) is 0 Å². The van der Waals surface area contributed by atoms with Gasteiger partial charge in [-0.1, -0.05) is 19.9 Å². The number of pyridine rings is 1. The molecule has 3 aromatic heterocycles. The zero-order valence-electron chi connectivity index (χ0n) is 22.0. The van der Waals surface area contributed by atoms with Crippen molar-refractivity contribution in [2.75, 3.05) is 19.0 Å². The van der Waals surface area contributed by atoms with E-state index in [0.717, 1.165) is 73.5 Å². The number of thiazole rings is 1. The second kappa shape index (κ2) is 12.0. The van der Waals surface area contributed by atoms with Crippen LogP contribution in [0.3, 0.4) is 0 Å². The molecule has 8 heteroatoms. The van der Waals surface area contributed by atoms with E-state index in [9.17, 15) is 9.18 Å². The summed E-state index contributed by atoms with van der Waals surface area (Å²) in [6, 6.07) is 10.9. The number of carbonyl (C=O) groups excluding carboxylic acids is 1. The van der Waals surface area contributed by atoms with Crippen LogP contribution in [-0.4, -0.2) is 44.1 Å². The molecule has 0 bridgehead atoms. The Kier molecular flexibility index (Phi) is 8.44. The van der Waals surface area contributed by atoms with Gasteiger partial charge in [0, 0.05) is 35.9 Å². The van der Waals surface area contributed by atoms with Crippen LogP contribution in [-0.2, 0) is 24.1 Å². The fraction of sp³-hybridized carbons (Fsp3) is 0.433. The standard InChI is InChI=1S/C30H34ClFN4OS/c1-3-25-27(16-20(2)4-11-29-34-26(19-38-29)22-5-8-24(32)9-6-22)36-18-23(7-10-28(36)33-25)21-12-14-35(15-13-21)30(37)17-31/h5-10,18-21H,3-4,11-17H2,1-2H3. The fourth-order valence-corrected chi connectivity index (χ4v) is 6.42. The first-order chi connectivity index (χ1) is 18.4. The molecule has 38 heavy (non-hydrogen) atoms. The van der Waals surface area contributed by atoms with Gasteiger partial charge in [0.15, 0.2) is 0 Å². The third kappa shape index (κ3) is 5.94. The minimum atomic E-state index is -0.229. The van der Waals surface area contributed by atoms with Crippen LogP contribution < -0.4 is 0 Å². The minimum absolute atomic E-state index is 0.0310. The number of aromatic nitrogens is 3. The lowest BCUT2D eigenvalue weighted by Crippen LogP contribution is -2.38. The second-order valence-corrected chi connectivity index (χ2v) is 11.5. The Bertz CT molecular complexity index is 1390. The highest BCUT2D eigenvalue weighted by molar-refractivity contribution is 7.09. The van der Waals surface area contributed by atoms with Crippen LogP contribution in [0.2, 0.25) is 0 Å². The smallest absolute Gasteiger partial charge is 0.237 e. The number of hydrogen-bond donors (Lipinski definition) is 0. The molecule has 1 aliphatic heterocycles. The summed E-state index contributed by atoms with van der Waals surface area (Å²) < 4.78 is 15.6. The number of fused-ring (bicyclic) bond motifs is 1. The fourth-order valence-electron chi connectivity index (χ4n) is 5.43. The maximum Gasteiger partial charge on any atom is 0.237 e. The van der Waals surface area contributed by atoms with Crippen molar-refractivity contribution in [3.8, 4) is 11.3 Å². The summed E-state index contributed by atoms with van der Waals surface area (Å²) in [5.74, 6) is 0.783. The van der Waals surface area contributed by atoms with E-state index in [1.807, 2.05) is 4.90 Å². The topological polar surface area (TPSA) is 50.5 Å². The van der Waals surface area contributed by atoms with E-state index < -0.39 is 0 Å². The lowest BCUT2D eigenvalue weighted by Gasteiger charge is -2.32. The van der Waals surface area contributed by atoms with E-state index in [1.54, 1.807) is 23.5 Å². The summed E-state index contributed by atoms with van der Waals surface area (Å²) in [6.07, 6.45) is 8.04. The number of hydrogen-bond acceptors (Lipinski definition) is 4. The zero-order chi connectivity index (χ0) is 26.6. The second-order valence-electron chi connectivity index (χ2n) is 10.3. The molecule has 0 radical (unpaired) electrons. The van der Waals surface area contributed by atoms with Crippen LogP contribution in [0.1, 0.15) is 61.0 Å². The first kappa shape index (κ1) is 26.8. The first-order valence-corrected chi connectivity index (χ1v) is 14.9. The predicted octanol–water partition coefficient (Wildman–Crippen LogP) is 6.92. The summed E-state index contributed by atoms with van der Waals surface area (Å²) in [6.45, 7) is 6.01. The van der Waals surface area contributed by atoms with Crippen molar-refractivity contribution in [3.05, 3.63) is 75.8 Å². The maximum absolute atomic E-state index is 13.3. The number of likely N-dealkylation sites (tertiary alicyclic amines) is 1. The first-order valence-electron chi connectivity index (χ1n) is 13.5. The Morgan fingerprint density at radius 3 is 2.63 bits per heavy atom. The molecule has 4 aromatic rings.